The summed E-state index contributed by atoms with van der Waals surface area (Å²) in [6, 6.07) is 23.0. The van der Waals surface area contributed by atoms with Gasteiger partial charge in [0.1, 0.15) is 0 Å². The molecule has 5 aromatic rings. The number of rotatable bonds is 7. The number of para-hydroxylation sites is 2. The molecule has 3 heterocycles. The van der Waals surface area contributed by atoms with Gasteiger partial charge in [0.25, 0.3) is 5.91 Å². The van der Waals surface area contributed by atoms with Crippen LogP contribution in [0.25, 0.3) is 32.7 Å². The van der Waals surface area contributed by atoms with Crippen LogP contribution >= 0.6 is 0 Å². The van der Waals surface area contributed by atoms with E-state index >= 15 is 0 Å². The van der Waals surface area contributed by atoms with E-state index in [-0.39, 0.29) is 5.91 Å². The van der Waals surface area contributed by atoms with Crippen LogP contribution < -0.4 is 5.32 Å². The molecule has 0 radical (unpaired) electrons. The highest BCUT2D eigenvalue weighted by molar-refractivity contribution is 6.09. The summed E-state index contributed by atoms with van der Waals surface area (Å²) in [7, 11) is 0. The van der Waals surface area contributed by atoms with Crippen LogP contribution in [0.15, 0.2) is 66.7 Å². The lowest BCUT2D eigenvalue weighted by Crippen LogP contribution is -2.33. The fraction of sp³-hybridized carbons (Fsp3) is 0.300. The predicted octanol–water partition coefficient (Wildman–Crippen LogP) is 5.86. The number of benzene rings is 3. The highest BCUT2D eigenvalue weighted by Crippen LogP contribution is 2.31. The molecule has 178 valence electrons. The third-order valence-electron chi connectivity index (χ3n) is 7.52. The van der Waals surface area contributed by atoms with Gasteiger partial charge in [-0.15, -0.1) is 0 Å². The molecule has 0 fully saturated rings. The average Bonchev–Trinajstić information content (AvgIpc) is 3.43. The standard InChI is InChI=1S/C30H32N4O/c1-2-34-28-12-6-4-10-23(28)24-15-18-33(20-29(24)34)17-8-7-16-31-30(35)21-13-14-27-25(19-21)22-9-3-5-11-26(22)32-27/h3-6,9-14,19,32H,2,7-8,15-18,20H2,1H3,(H,31,35). The van der Waals surface area contributed by atoms with E-state index in [2.05, 4.69) is 63.1 Å². The molecule has 0 atom stereocenters. The van der Waals surface area contributed by atoms with E-state index in [9.17, 15) is 4.79 Å². The van der Waals surface area contributed by atoms with Crippen molar-refractivity contribution in [1.82, 2.24) is 19.8 Å². The molecule has 0 bridgehead atoms. The van der Waals surface area contributed by atoms with E-state index in [1.807, 2.05) is 30.3 Å². The number of aromatic amines is 1. The smallest absolute Gasteiger partial charge is 0.251 e. The second kappa shape index (κ2) is 9.23. The van der Waals surface area contributed by atoms with Gasteiger partial charge in [0.15, 0.2) is 0 Å². The predicted molar refractivity (Wildman–Crippen MR) is 144 cm³/mol. The maximum Gasteiger partial charge on any atom is 0.251 e. The summed E-state index contributed by atoms with van der Waals surface area (Å²) in [5, 5.41) is 6.81. The Morgan fingerprint density at radius 1 is 0.943 bits per heavy atom. The van der Waals surface area contributed by atoms with Crippen LogP contribution in [0.5, 0.6) is 0 Å². The molecule has 0 saturated heterocycles. The fourth-order valence-corrected chi connectivity index (χ4v) is 5.75. The molecule has 2 N–H and O–H groups in total. The maximum atomic E-state index is 12.8. The van der Waals surface area contributed by atoms with Gasteiger partial charge >= 0.3 is 0 Å². The molecule has 5 nitrogen and oxygen atoms in total. The molecular formula is C30H32N4O. The summed E-state index contributed by atoms with van der Waals surface area (Å²) < 4.78 is 2.49. The summed E-state index contributed by atoms with van der Waals surface area (Å²) in [4.78, 5) is 18.8. The molecule has 3 aromatic carbocycles. The fourth-order valence-electron chi connectivity index (χ4n) is 5.75. The number of aromatic nitrogens is 2. The molecule has 0 unspecified atom stereocenters. The Morgan fingerprint density at radius 2 is 1.74 bits per heavy atom. The second-order valence-corrected chi connectivity index (χ2v) is 9.61. The van der Waals surface area contributed by atoms with Crippen molar-refractivity contribution in [2.75, 3.05) is 19.6 Å². The minimum atomic E-state index is 0.00672. The minimum Gasteiger partial charge on any atom is -0.355 e. The number of fused-ring (bicyclic) bond motifs is 6. The lowest BCUT2D eigenvalue weighted by atomic mass is 10.0. The first-order valence-corrected chi connectivity index (χ1v) is 12.8. The van der Waals surface area contributed by atoms with E-state index < -0.39 is 0 Å². The van der Waals surface area contributed by atoms with Gasteiger partial charge in [-0.05, 0) is 68.6 Å². The third-order valence-corrected chi connectivity index (χ3v) is 7.52. The van der Waals surface area contributed by atoms with E-state index in [1.165, 1.54) is 22.2 Å². The van der Waals surface area contributed by atoms with Crippen molar-refractivity contribution in [1.29, 1.82) is 0 Å². The Labute approximate surface area is 205 Å². The van der Waals surface area contributed by atoms with Gasteiger partial charge in [0.2, 0.25) is 0 Å². The number of unbranched alkanes of at least 4 members (excludes halogenated alkanes) is 1. The zero-order valence-corrected chi connectivity index (χ0v) is 20.3. The summed E-state index contributed by atoms with van der Waals surface area (Å²) in [6.07, 6.45) is 3.19. The van der Waals surface area contributed by atoms with Crippen molar-refractivity contribution in [3.05, 3.63) is 83.6 Å². The highest BCUT2D eigenvalue weighted by atomic mass is 16.1. The van der Waals surface area contributed by atoms with Gasteiger partial charge in [-0.1, -0.05) is 36.4 Å². The first-order chi connectivity index (χ1) is 17.2. The first kappa shape index (κ1) is 21.9. The van der Waals surface area contributed by atoms with E-state index in [4.69, 9.17) is 0 Å². The van der Waals surface area contributed by atoms with Crippen molar-refractivity contribution < 1.29 is 4.79 Å². The van der Waals surface area contributed by atoms with Gasteiger partial charge in [-0.3, -0.25) is 9.69 Å². The van der Waals surface area contributed by atoms with Gasteiger partial charge in [-0.25, -0.2) is 0 Å². The number of hydrogen-bond acceptors (Lipinski definition) is 2. The average molecular weight is 465 g/mol. The number of aryl methyl sites for hydroxylation is 1. The van der Waals surface area contributed by atoms with E-state index in [1.54, 1.807) is 0 Å². The molecule has 6 rings (SSSR count). The number of amides is 1. The number of hydrogen-bond donors (Lipinski definition) is 2. The minimum absolute atomic E-state index is 0.00672. The van der Waals surface area contributed by atoms with E-state index in [0.717, 1.165) is 72.8 Å². The van der Waals surface area contributed by atoms with Crippen LogP contribution in [0.1, 0.15) is 41.4 Å². The van der Waals surface area contributed by atoms with Crippen LogP contribution in [0.3, 0.4) is 0 Å². The molecule has 35 heavy (non-hydrogen) atoms. The first-order valence-electron chi connectivity index (χ1n) is 12.8. The number of H-pyrrole nitrogens is 1. The Morgan fingerprint density at radius 3 is 2.63 bits per heavy atom. The van der Waals surface area contributed by atoms with Crippen molar-refractivity contribution in [3.63, 3.8) is 0 Å². The van der Waals surface area contributed by atoms with Crippen LogP contribution in [-0.4, -0.2) is 40.0 Å². The molecule has 1 amide bonds. The van der Waals surface area contributed by atoms with Crippen LogP contribution in [0.4, 0.5) is 0 Å². The van der Waals surface area contributed by atoms with E-state index in [0.29, 0.717) is 6.54 Å². The summed E-state index contributed by atoms with van der Waals surface area (Å²) >= 11 is 0. The quantitative estimate of drug-likeness (QED) is 0.296. The second-order valence-electron chi connectivity index (χ2n) is 9.61. The lowest BCUT2D eigenvalue weighted by molar-refractivity contribution is 0.0952. The Bertz CT molecular complexity index is 1490. The van der Waals surface area contributed by atoms with Crippen molar-refractivity contribution in [2.45, 2.75) is 39.3 Å². The van der Waals surface area contributed by atoms with Gasteiger partial charge in [0.05, 0.1) is 0 Å². The lowest BCUT2D eigenvalue weighted by Gasteiger charge is -2.28. The zero-order chi connectivity index (χ0) is 23.8. The van der Waals surface area contributed by atoms with Gasteiger partial charge in [0, 0.05) is 70.1 Å². The number of carbonyl (C=O) groups is 1. The normalized spacial score (nSPS) is 14.1. The van der Waals surface area contributed by atoms with Crippen molar-refractivity contribution >= 4 is 38.6 Å². The molecular weight excluding hydrogens is 432 g/mol. The number of nitrogens with one attached hydrogen (secondary N) is 2. The summed E-state index contributed by atoms with van der Waals surface area (Å²) in [5.74, 6) is 0.00672. The largest absolute Gasteiger partial charge is 0.355 e. The molecule has 5 heteroatoms. The summed E-state index contributed by atoms with van der Waals surface area (Å²) in [6.45, 7) is 7.17. The molecule has 1 aliphatic rings. The Hall–Kier alpha value is -3.57. The molecule has 2 aromatic heterocycles. The van der Waals surface area contributed by atoms with Gasteiger partial charge < -0.3 is 14.9 Å². The van der Waals surface area contributed by atoms with Gasteiger partial charge in [-0.2, -0.15) is 0 Å². The van der Waals surface area contributed by atoms with Crippen molar-refractivity contribution in [2.24, 2.45) is 0 Å². The molecule has 0 spiro atoms. The van der Waals surface area contributed by atoms with Crippen LogP contribution in [-0.2, 0) is 19.5 Å². The third kappa shape index (κ3) is 4.00. The Kier molecular flexibility index (Phi) is 5.78. The van der Waals surface area contributed by atoms with Crippen LogP contribution in [0.2, 0.25) is 0 Å². The molecule has 0 aliphatic carbocycles. The SMILES string of the molecule is CCn1c2c(c3ccccc31)CCN(CCCCNC(=O)c1ccc3[nH]c4ccccc4c3c1)C2. The van der Waals surface area contributed by atoms with Crippen LogP contribution in [0, 0.1) is 0 Å². The molecule has 1 aliphatic heterocycles. The summed E-state index contributed by atoms with van der Waals surface area (Å²) in [5.41, 5.74) is 7.28. The highest BCUT2D eigenvalue weighted by Gasteiger charge is 2.23. The monoisotopic (exact) mass is 464 g/mol. The molecule has 0 saturated carbocycles. The maximum absolute atomic E-state index is 12.8. The topological polar surface area (TPSA) is 53.1 Å². The zero-order valence-electron chi connectivity index (χ0n) is 20.3. The number of carbonyl (C=O) groups excluding carboxylic acids is 1. The Balaban J connectivity index is 1.03. The van der Waals surface area contributed by atoms with Crippen molar-refractivity contribution in [3.8, 4) is 0 Å². The number of nitrogens with zero attached hydrogens (tertiary/aromatic N) is 2.